The first-order valence-electron chi connectivity index (χ1n) is 27.7. The molecule has 1 aliphatic carbocycles. The van der Waals surface area contributed by atoms with E-state index in [9.17, 15) is 0 Å². The van der Waals surface area contributed by atoms with E-state index in [4.69, 9.17) is 0 Å². The summed E-state index contributed by atoms with van der Waals surface area (Å²) in [5.74, 6) is 2.04. The van der Waals surface area contributed by atoms with Crippen LogP contribution >= 0.6 is 0 Å². The first-order valence-corrected chi connectivity index (χ1v) is 27.7. The van der Waals surface area contributed by atoms with Crippen LogP contribution in [-0.2, 0) is 0 Å². The minimum atomic E-state index is 0. The minimum absolute atomic E-state index is 0. The minimum Gasteiger partial charge on any atom is -0.0776 e. The number of rotatable bonds is 0. The number of hydrogen-bond donors (Lipinski definition) is 0. The Balaban J connectivity index is 0.000000834. The van der Waals surface area contributed by atoms with Gasteiger partial charge in [-0.15, -0.1) is 0 Å². The van der Waals surface area contributed by atoms with Crippen LogP contribution in [0.5, 0.6) is 0 Å². The molecule has 8 rings (SSSR count). The van der Waals surface area contributed by atoms with Crippen molar-refractivity contribution >= 4 is 0 Å². The molecule has 1 fully saturated rings. The van der Waals surface area contributed by atoms with Crippen LogP contribution in [0.3, 0.4) is 0 Å². The third-order valence-corrected chi connectivity index (χ3v) is 15.4. The lowest BCUT2D eigenvalue weighted by molar-refractivity contribution is 0.308. The monoisotopic (exact) mass is 1010 g/mol. The highest BCUT2D eigenvalue weighted by Crippen LogP contribution is 2.27. The van der Waals surface area contributed by atoms with Gasteiger partial charge in [-0.05, 0) is 278 Å². The Labute approximate surface area is 465 Å². The molecule has 0 N–H and O–H groups in total. The second-order valence-electron chi connectivity index (χ2n) is 22.7. The highest BCUT2D eigenvalue weighted by atomic mass is 14.2. The third kappa shape index (κ3) is 27.2. The summed E-state index contributed by atoms with van der Waals surface area (Å²) in [4.78, 5) is 0. The predicted octanol–water partition coefficient (Wildman–Crippen LogP) is 22.7. The maximum absolute atomic E-state index is 2.37. The van der Waals surface area contributed by atoms with Crippen LogP contribution in [0.1, 0.15) is 180 Å². The van der Waals surface area contributed by atoms with Gasteiger partial charge in [0.25, 0.3) is 0 Å². The summed E-state index contributed by atoms with van der Waals surface area (Å²) >= 11 is 0. The van der Waals surface area contributed by atoms with E-state index in [-0.39, 0.29) is 7.43 Å². The molecule has 0 bridgehead atoms. The number of benzene rings is 7. The Kier molecular flexibility index (Phi) is 32.4. The van der Waals surface area contributed by atoms with E-state index in [0.717, 1.165) is 11.8 Å². The van der Waals surface area contributed by atoms with Crippen molar-refractivity contribution in [1.82, 2.24) is 0 Å². The molecular formula is C75H110. The summed E-state index contributed by atoms with van der Waals surface area (Å²) in [6.45, 7) is 56.3. The molecule has 1 aliphatic rings. The molecule has 0 amide bonds. The van der Waals surface area contributed by atoms with Gasteiger partial charge in [-0.25, -0.2) is 0 Å². The Morgan fingerprint density at radius 3 is 0.627 bits per heavy atom. The van der Waals surface area contributed by atoms with Crippen molar-refractivity contribution in [3.8, 4) is 0 Å². The average Bonchev–Trinajstić information content (AvgIpc) is 3.33. The van der Waals surface area contributed by atoms with E-state index in [0.29, 0.717) is 0 Å². The van der Waals surface area contributed by atoms with Crippen molar-refractivity contribution in [3.05, 3.63) is 243 Å². The van der Waals surface area contributed by atoms with E-state index in [1.54, 1.807) is 0 Å². The molecule has 0 aromatic heterocycles. The van der Waals surface area contributed by atoms with Crippen LogP contribution in [0.2, 0.25) is 0 Å². The molecule has 0 saturated heterocycles. The maximum Gasteiger partial charge on any atom is -0.0392 e. The lowest BCUT2D eigenvalue weighted by Gasteiger charge is -2.22. The van der Waals surface area contributed by atoms with Crippen LogP contribution in [0.25, 0.3) is 0 Å². The van der Waals surface area contributed by atoms with Crippen molar-refractivity contribution in [3.63, 3.8) is 0 Å². The van der Waals surface area contributed by atoms with Gasteiger partial charge < -0.3 is 0 Å². The van der Waals surface area contributed by atoms with Crippen LogP contribution in [0.4, 0.5) is 0 Å². The van der Waals surface area contributed by atoms with E-state index in [1.165, 1.54) is 159 Å². The van der Waals surface area contributed by atoms with Gasteiger partial charge >= 0.3 is 0 Å². The van der Waals surface area contributed by atoms with Crippen LogP contribution in [-0.4, -0.2) is 0 Å². The first kappa shape index (κ1) is 69.5. The lowest BCUT2D eigenvalue weighted by Crippen LogP contribution is -2.08. The van der Waals surface area contributed by atoms with E-state index >= 15 is 0 Å². The fourth-order valence-corrected chi connectivity index (χ4v) is 8.55. The average molecular weight is 1010 g/mol. The topological polar surface area (TPSA) is 0 Å². The van der Waals surface area contributed by atoms with Gasteiger partial charge in [0, 0.05) is 0 Å². The van der Waals surface area contributed by atoms with Gasteiger partial charge in [0.05, 0.1) is 0 Å². The zero-order valence-corrected chi connectivity index (χ0v) is 52.4. The van der Waals surface area contributed by atoms with Crippen molar-refractivity contribution in [1.29, 1.82) is 0 Å². The summed E-state index contributed by atoms with van der Waals surface area (Å²) in [7, 11) is 0. The summed E-state index contributed by atoms with van der Waals surface area (Å²) in [5.41, 5.74) is 33.2. The zero-order chi connectivity index (χ0) is 56.6. The number of aryl methyl sites for hydroxylation is 20. The molecule has 0 atom stereocenters. The second-order valence-corrected chi connectivity index (χ2v) is 22.7. The van der Waals surface area contributed by atoms with Gasteiger partial charge in [-0.3, -0.25) is 0 Å². The van der Waals surface area contributed by atoms with Crippen LogP contribution in [0.15, 0.2) is 109 Å². The second kappa shape index (κ2) is 35.0. The fourth-order valence-electron chi connectivity index (χ4n) is 8.55. The molecule has 1 saturated carbocycles. The van der Waals surface area contributed by atoms with Gasteiger partial charge in [-0.2, -0.15) is 0 Å². The highest BCUT2D eigenvalue weighted by molar-refractivity contribution is 5.39. The number of hydrogen-bond acceptors (Lipinski definition) is 0. The standard InChI is InChI=1S/4C10H14.2C9H12.C8H16.C8H10.CH4/c1-7-5-9(3)10(4)6-8(7)2;2*1-7-5-8(2)10(4)9(3)6-7;1-7-5-6-8(2)10(4)9(7)3;2*1-7-4-5-8(2)9(3)6-7;2*1-7-3-5-8(2)6-4-7;/h4*5-6H,1-4H3;2*4-6H,1-3H3;7-8H,3-6H2,1-2H3;3-6H,1-2H3;1H4. The van der Waals surface area contributed by atoms with Crippen molar-refractivity contribution in [2.24, 2.45) is 11.8 Å². The Bertz CT molecular complexity index is 2500. The zero-order valence-electron chi connectivity index (χ0n) is 52.4. The van der Waals surface area contributed by atoms with Gasteiger partial charge in [0.15, 0.2) is 0 Å². The normalized spacial score (nSPS) is 12.9. The summed E-state index contributed by atoms with van der Waals surface area (Å²) < 4.78 is 0. The molecule has 75 heavy (non-hydrogen) atoms. The van der Waals surface area contributed by atoms with Gasteiger partial charge in [0.1, 0.15) is 0 Å². The Morgan fingerprint density at radius 1 is 0.200 bits per heavy atom. The van der Waals surface area contributed by atoms with E-state index in [1.807, 2.05) is 0 Å². The van der Waals surface area contributed by atoms with Crippen molar-refractivity contribution in [2.45, 2.75) is 213 Å². The molecule has 0 spiro atoms. The molecule has 7 aromatic rings. The van der Waals surface area contributed by atoms with E-state index in [2.05, 4.69) is 289 Å². The van der Waals surface area contributed by atoms with E-state index < -0.39 is 0 Å². The maximum atomic E-state index is 2.37. The first-order chi connectivity index (χ1) is 34.4. The fraction of sp³-hybridized carbons (Fsp3) is 0.440. The van der Waals surface area contributed by atoms with Gasteiger partial charge in [0.2, 0.25) is 0 Å². The SMILES string of the molecule is C.CC1CCC(C)CC1.Cc1cc(C)c(C)c(C)c1.Cc1cc(C)c(C)c(C)c1.Cc1cc(C)c(C)cc1C.Cc1ccc(C)c(C)c1.Cc1ccc(C)c(C)c1.Cc1ccc(C)c(C)c1C.Cc1ccc(C)cc1. The largest absolute Gasteiger partial charge is 0.0776 e. The molecule has 410 valence electrons. The molecule has 7 aromatic carbocycles. The van der Waals surface area contributed by atoms with Crippen LogP contribution < -0.4 is 0 Å². The van der Waals surface area contributed by atoms with Crippen LogP contribution in [0, 0.1) is 178 Å². The summed E-state index contributed by atoms with van der Waals surface area (Å²) in [5, 5.41) is 0. The Morgan fingerprint density at radius 2 is 0.400 bits per heavy atom. The molecule has 0 unspecified atom stereocenters. The highest BCUT2D eigenvalue weighted by Gasteiger charge is 2.13. The lowest BCUT2D eigenvalue weighted by atomic mass is 9.84. The molecule has 0 aliphatic heterocycles. The third-order valence-electron chi connectivity index (χ3n) is 15.4. The van der Waals surface area contributed by atoms with Gasteiger partial charge in [-0.1, -0.05) is 190 Å². The molecule has 0 heterocycles. The molecular weight excluding hydrogens is 901 g/mol. The predicted molar refractivity (Wildman–Crippen MR) is 342 cm³/mol. The summed E-state index contributed by atoms with van der Waals surface area (Å²) in [6.07, 6.45) is 5.89. The Hall–Kier alpha value is -5.46. The summed E-state index contributed by atoms with van der Waals surface area (Å²) in [6, 6.07) is 39.2. The van der Waals surface area contributed by atoms with Crippen molar-refractivity contribution < 1.29 is 0 Å². The molecule has 0 heteroatoms. The van der Waals surface area contributed by atoms with Crippen molar-refractivity contribution in [2.75, 3.05) is 0 Å². The molecule has 0 radical (unpaired) electrons. The quantitative estimate of drug-likeness (QED) is 0.142. The smallest absolute Gasteiger partial charge is 0.0392 e. The molecule has 0 nitrogen and oxygen atoms in total.